The summed E-state index contributed by atoms with van der Waals surface area (Å²) in [6, 6.07) is 10.4. The van der Waals surface area contributed by atoms with Crippen molar-refractivity contribution in [1.82, 2.24) is 0 Å². The number of carboxylic acids is 1. The Hall–Kier alpha value is -2.36. The third-order valence-corrected chi connectivity index (χ3v) is 4.02. The average molecular weight is 328 g/mol. The van der Waals surface area contributed by atoms with E-state index in [4.69, 9.17) is 4.74 Å². The van der Waals surface area contributed by atoms with Gasteiger partial charge in [0.15, 0.2) is 0 Å². The maximum atomic E-state index is 12.4. The number of carboxylic acid groups (broad SMARTS) is 1. The smallest absolute Gasteiger partial charge is 0.339 e. The number of carbonyl (C=O) groups is 2. The normalized spacial score (nSPS) is 11.0. The first kappa shape index (κ1) is 18.0. The Morgan fingerprint density at radius 1 is 1.04 bits per heavy atom. The second-order valence-corrected chi connectivity index (χ2v) is 6.39. The third-order valence-electron chi connectivity index (χ3n) is 4.02. The summed E-state index contributed by atoms with van der Waals surface area (Å²) in [5.41, 5.74) is 0.126. The van der Waals surface area contributed by atoms with Crippen LogP contribution in [-0.4, -0.2) is 23.7 Å². The van der Waals surface area contributed by atoms with Crippen LogP contribution in [0, 0.1) is 5.92 Å². The first-order valence-corrected chi connectivity index (χ1v) is 8.43. The van der Waals surface area contributed by atoms with Crippen LogP contribution in [0.4, 0.5) is 0 Å². The molecule has 0 aliphatic carbocycles. The van der Waals surface area contributed by atoms with Gasteiger partial charge in [-0.25, -0.2) is 9.59 Å². The summed E-state index contributed by atoms with van der Waals surface area (Å²) < 4.78 is 5.33. The minimum Gasteiger partial charge on any atom is -0.478 e. The largest absolute Gasteiger partial charge is 0.478 e. The molecule has 128 valence electrons. The van der Waals surface area contributed by atoms with E-state index in [9.17, 15) is 14.7 Å². The second-order valence-electron chi connectivity index (χ2n) is 6.39. The Labute approximate surface area is 142 Å². The first-order valence-electron chi connectivity index (χ1n) is 8.43. The maximum absolute atomic E-state index is 12.4. The monoisotopic (exact) mass is 328 g/mol. The van der Waals surface area contributed by atoms with Gasteiger partial charge in [0.05, 0.1) is 17.7 Å². The highest BCUT2D eigenvalue weighted by atomic mass is 16.5. The van der Waals surface area contributed by atoms with Crippen LogP contribution in [0.1, 0.15) is 60.2 Å². The van der Waals surface area contributed by atoms with Gasteiger partial charge < -0.3 is 9.84 Å². The van der Waals surface area contributed by atoms with E-state index in [1.165, 1.54) is 12.5 Å². The molecule has 0 unspecified atom stereocenters. The molecule has 2 aromatic rings. The Balaban J connectivity index is 2.08. The zero-order chi connectivity index (χ0) is 17.5. The van der Waals surface area contributed by atoms with Crippen LogP contribution in [0.25, 0.3) is 10.8 Å². The fraction of sp³-hybridized carbons (Fsp3) is 0.400. The van der Waals surface area contributed by atoms with Gasteiger partial charge in [0.2, 0.25) is 0 Å². The summed E-state index contributed by atoms with van der Waals surface area (Å²) in [6.07, 6.45) is 4.09. The molecule has 2 rings (SSSR count). The molecule has 24 heavy (non-hydrogen) atoms. The van der Waals surface area contributed by atoms with E-state index in [0.29, 0.717) is 17.9 Å². The number of benzene rings is 2. The van der Waals surface area contributed by atoms with Crippen molar-refractivity contribution in [2.24, 2.45) is 5.92 Å². The lowest BCUT2D eigenvalue weighted by atomic mass is 9.99. The average Bonchev–Trinajstić information content (AvgIpc) is 2.56. The fourth-order valence-corrected chi connectivity index (χ4v) is 2.74. The molecule has 0 fully saturated rings. The fourth-order valence-electron chi connectivity index (χ4n) is 2.74. The number of hydrogen-bond donors (Lipinski definition) is 1. The summed E-state index contributed by atoms with van der Waals surface area (Å²) in [7, 11) is 0. The van der Waals surface area contributed by atoms with Crippen molar-refractivity contribution in [1.29, 1.82) is 0 Å². The Morgan fingerprint density at radius 3 is 2.50 bits per heavy atom. The Morgan fingerprint density at radius 2 is 1.79 bits per heavy atom. The zero-order valence-corrected chi connectivity index (χ0v) is 14.2. The van der Waals surface area contributed by atoms with Gasteiger partial charge in [-0.15, -0.1) is 0 Å². The molecule has 0 bridgehead atoms. The van der Waals surface area contributed by atoms with Crippen LogP contribution in [-0.2, 0) is 4.74 Å². The summed E-state index contributed by atoms with van der Waals surface area (Å²) >= 11 is 0. The zero-order valence-electron chi connectivity index (χ0n) is 14.2. The van der Waals surface area contributed by atoms with Crippen molar-refractivity contribution >= 4 is 22.7 Å². The highest BCUT2D eigenvalue weighted by molar-refractivity contribution is 6.12. The molecule has 0 spiro atoms. The van der Waals surface area contributed by atoms with Gasteiger partial charge in [-0.3, -0.25) is 0 Å². The molecule has 0 amide bonds. The minimum absolute atomic E-state index is 0.0153. The van der Waals surface area contributed by atoms with E-state index in [1.807, 2.05) is 12.1 Å². The first-order chi connectivity index (χ1) is 11.5. The maximum Gasteiger partial charge on any atom is 0.339 e. The van der Waals surface area contributed by atoms with Gasteiger partial charge >= 0.3 is 11.9 Å². The topological polar surface area (TPSA) is 63.6 Å². The molecule has 1 N–H and O–H groups in total. The molecule has 4 heteroatoms. The van der Waals surface area contributed by atoms with E-state index < -0.39 is 11.9 Å². The predicted molar refractivity (Wildman–Crippen MR) is 94.5 cm³/mol. The molecule has 0 radical (unpaired) electrons. The highest BCUT2D eigenvalue weighted by Crippen LogP contribution is 2.24. The molecule has 0 aromatic heterocycles. The van der Waals surface area contributed by atoms with Crippen LogP contribution in [0.5, 0.6) is 0 Å². The predicted octanol–water partition coefficient (Wildman–Crippen LogP) is 4.91. The van der Waals surface area contributed by atoms with Crippen molar-refractivity contribution in [3.63, 3.8) is 0 Å². The van der Waals surface area contributed by atoms with E-state index in [1.54, 1.807) is 18.2 Å². The number of ether oxygens (including phenoxy) is 1. The molecular formula is C20H24O4. The van der Waals surface area contributed by atoms with Gasteiger partial charge in [-0.05, 0) is 29.2 Å². The van der Waals surface area contributed by atoms with Crippen molar-refractivity contribution in [2.45, 2.75) is 39.5 Å². The summed E-state index contributed by atoms with van der Waals surface area (Å²) in [5.74, 6) is -1.00. The van der Waals surface area contributed by atoms with Crippen molar-refractivity contribution in [3.8, 4) is 0 Å². The van der Waals surface area contributed by atoms with Crippen LogP contribution in [0.15, 0.2) is 36.4 Å². The van der Waals surface area contributed by atoms with Crippen LogP contribution in [0.3, 0.4) is 0 Å². The van der Waals surface area contributed by atoms with E-state index in [-0.39, 0.29) is 11.1 Å². The molecule has 0 saturated carbocycles. The quantitative estimate of drug-likeness (QED) is 0.552. The lowest BCUT2D eigenvalue weighted by Gasteiger charge is -2.11. The lowest BCUT2D eigenvalue weighted by Crippen LogP contribution is -2.13. The van der Waals surface area contributed by atoms with Crippen molar-refractivity contribution < 1.29 is 19.4 Å². The number of carbonyl (C=O) groups excluding carboxylic acids is 1. The molecule has 0 heterocycles. The summed E-state index contributed by atoms with van der Waals surface area (Å²) in [6.45, 7) is 4.70. The van der Waals surface area contributed by atoms with E-state index in [2.05, 4.69) is 13.8 Å². The molecule has 2 aromatic carbocycles. The Kier molecular flexibility index (Phi) is 6.36. The van der Waals surface area contributed by atoms with E-state index in [0.717, 1.165) is 24.6 Å². The van der Waals surface area contributed by atoms with Crippen molar-refractivity contribution in [3.05, 3.63) is 47.5 Å². The number of fused-ring (bicyclic) bond motifs is 1. The van der Waals surface area contributed by atoms with Gasteiger partial charge in [0.25, 0.3) is 0 Å². The molecule has 0 aliphatic rings. The van der Waals surface area contributed by atoms with Gasteiger partial charge in [0, 0.05) is 0 Å². The lowest BCUT2D eigenvalue weighted by molar-refractivity contribution is 0.0489. The molecule has 0 saturated heterocycles. The van der Waals surface area contributed by atoms with Crippen LogP contribution >= 0.6 is 0 Å². The van der Waals surface area contributed by atoms with E-state index >= 15 is 0 Å². The third kappa shape index (κ3) is 4.57. The number of aromatic carboxylic acids is 1. The minimum atomic E-state index is -1.12. The van der Waals surface area contributed by atoms with Crippen LogP contribution < -0.4 is 0 Å². The molecular weight excluding hydrogens is 304 g/mol. The summed E-state index contributed by atoms with van der Waals surface area (Å²) in [4.78, 5) is 23.9. The van der Waals surface area contributed by atoms with Crippen molar-refractivity contribution in [2.75, 3.05) is 6.61 Å². The van der Waals surface area contributed by atoms with Gasteiger partial charge in [-0.1, -0.05) is 63.4 Å². The number of esters is 1. The molecule has 0 atom stereocenters. The second kappa shape index (κ2) is 8.48. The van der Waals surface area contributed by atoms with Gasteiger partial charge in [-0.2, -0.15) is 0 Å². The number of unbranched alkanes of at least 4 members (excludes halogenated alkanes) is 2. The highest BCUT2D eigenvalue weighted by Gasteiger charge is 2.20. The summed E-state index contributed by atoms with van der Waals surface area (Å²) in [5, 5.41) is 10.8. The standard InChI is InChI=1S/C20H24O4/c1-14(2)8-4-3-7-13-24-20(23)18-16-10-6-5-9-15(16)11-12-17(18)19(21)22/h5-6,9-12,14H,3-4,7-8,13H2,1-2H3,(H,21,22). The van der Waals surface area contributed by atoms with Gasteiger partial charge in [0.1, 0.15) is 0 Å². The number of rotatable bonds is 8. The SMILES string of the molecule is CC(C)CCCCCOC(=O)c1c(C(=O)O)ccc2ccccc12. The Bertz CT molecular complexity index is 719. The van der Waals surface area contributed by atoms with Crippen LogP contribution in [0.2, 0.25) is 0 Å². The molecule has 0 aliphatic heterocycles. The number of hydrogen-bond acceptors (Lipinski definition) is 3. The molecule has 4 nitrogen and oxygen atoms in total.